The summed E-state index contributed by atoms with van der Waals surface area (Å²) in [6.07, 6.45) is 0.731. The fraction of sp³-hybridized carbons (Fsp3) is 0.600. The molecule has 2 unspecified atom stereocenters. The molecule has 0 spiro atoms. The van der Waals surface area contributed by atoms with Crippen LogP contribution in [0.3, 0.4) is 0 Å². The minimum absolute atomic E-state index is 0.182. The van der Waals surface area contributed by atoms with Gasteiger partial charge in [0.15, 0.2) is 0 Å². The third-order valence-electron chi connectivity index (χ3n) is 4.05. The van der Waals surface area contributed by atoms with Gasteiger partial charge < -0.3 is 15.2 Å². The van der Waals surface area contributed by atoms with E-state index in [0.29, 0.717) is 0 Å². The number of methoxy groups -OCH3 is 1. The normalized spacial score (nSPS) is 28.2. The van der Waals surface area contributed by atoms with Crippen LogP contribution in [-0.4, -0.2) is 25.3 Å². The lowest BCUT2D eigenvalue weighted by Gasteiger charge is -2.40. The molecule has 1 aromatic carbocycles. The number of aliphatic hydroxyl groups is 1. The molecule has 0 bridgehead atoms. The van der Waals surface area contributed by atoms with Gasteiger partial charge in [0.1, 0.15) is 5.75 Å². The second-order valence-electron chi connectivity index (χ2n) is 5.44. The molecule has 0 radical (unpaired) electrons. The molecule has 1 aromatic rings. The molecule has 100 valence electrons. The Morgan fingerprint density at radius 1 is 1.39 bits per heavy atom. The maximum atomic E-state index is 11.1. The molecule has 1 aliphatic rings. The number of hydrogen-bond acceptors (Lipinski definition) is 3. The van der Waals surface area contributed by atoms with E-state index in [1.54, 1.807) is 7.11 Å². The van der Waals surface area contributed by atoms with Crippen molar-refractivity contribution in [2.24, 2.45) is 5.92 Å². The Hall–Kier alpha value is -1.06. The van der Waals surface area contributed by atoms with Crippen LogP contribution in [0.15, 0.2) is 12.1 Å². The van der Waals surface area contributed by atoms with Crippen LogP contribution in [0.2, 0.25) is 0 Å². The first-order valence-electron chi connectivity index (χ1n) is 6.58. The smallest absolute Gasteiger partial charge is 0.125 e. The predicted molar refractivity (Wildman–Crippen MR) is 73.0 cm³/mol. The van der Waals surface area contributed by atoms with Gasteiger partial charge in [0, 0.05) is 18.0 Å². The van der Waals surface area contributed by atoms with Crippen LogP contribution >= 0.6 is 0 Å². The average molecular weight is 249 g/mol. The molecule has 0 amide bonds. The van der Waals surface area contributed by atoms with Crippen molar-refractivity contribution in [1.82, 2.24) is 5.32 Å². The average Bonchev–Trinajstić information content (AvgIpc) is 2.31. The summed E-state index contributed by atoms with van der Waals surface area (Å²) in [6, 6.07) is 4.12. The van der Waals surface area contributed by atoms with Gasteiger partial charge in [-0.15, -0.1) is 0 Å². The van der Waals surface area contributed by atoms with Crippen molar-refractivity contribution in [2.75, 3.05) is 20.2 Å². The molecule has 0 saturated carbocycles. The Labute approximate surface area is 109 Å². The molecule has 2 rings (SSSR count). The minimum Gasteiger partial charge on any atom is -0.496 e. The summed E-state index contributed by atoms with van der Waals surface area (Å²) in [4.78, 5) is 0. The fourth-order valence-electron chi connectivity index (χ4n) is 3.03. The molecule has 1 heterocycles. The maximum absolute atomic E-state index is 11.1. The first-order chi connectivity index (χ1) is 8.49. The lowest BCUT2D eigenvalue weighted by Crippen LogP contribution is -2.47. The van der Waals surface area contributed by atoms with E-state index in [9.17, 15) is 5.11 Å². The van der Waals surface area contributed by atoms with E-state index >= 15 is 0 Å². The molecule has 0 aromatic heterocycles. The zero-order valence-corrected chi connectivity index (χ0v) is 11.7. The Balaban J connectivity index is 2.55. The highest BCUT2D eigenvalue weighted by molar-refractivity contribution is 5.47. The molecule has 1 saturated heterocycles. The Kier molecular flexibility index (Phi) is 3.64. The highest BCUT2D eigenvalue weighted by atomic mass is 16.5. The van der Waals surface area contributed by atoms with Gasteiger partial charge in [-0.2, -0.15) is 0 Å². The molecular formula is C15H23NO2. The van der Waals surface area contributed by atoms with E-state index in [-0.39, 0.29) is 5.92 Å². The van der Waals surface area contributed by atoms with Crippen molar-refractivity contribution < 1.29 is 9.84 Å². The first-order valence-corrected chi connectivity index (χ1v) is 6.58. The van der Waals surface area contributed by atoms with Gasteiger partial charge in [-0.05, 0) is 44.0 Å². The maximum Gasteiger partial charge on any atom is 0.125 e. The van der Waals surface area contributed by atoms with Gasteiger partial charge in [-0.3, -0.25) is 0 Å². The highest BCUT2D eigenvalue weighted by Crippen LogP contribution is 2.42. The second kappa shape index (κ2) is 4.90. The SMILES string of the molecule is COc1cc(C)cc(C)c1C1(O)CCNCC1C. The Morgan fingerprint density at radius 3 is 2.72 bits per heavy atom. The topological polar surface area (TPSA) is 41.5 Å². The first kappa shape index (κ1) is 13.4. The monoisotopic (exact) mass is 249 g/mol. The summed E-state index contributed by atoms with van der Waals surface area (Å²) < 4.78 is 5.49. The summed E-state index contributed by atoms with van der Waals surface area (Å²) in [5.74, 6) is 0.991. The predicted octanol–water partition coefficient (Wildman–Crippen LogP) is 2.13. The van der Waals surface area contributed by atoms with Crippen molar-refractivity contribution in [3.05, 3.63) is 28.8 Å². The highest BCUT2D eigenvalue weighted by Gasteiger charge is 2.40. The van der Waals surface area contributed by atoms with Crippen molar-refractivity contribution >= 4 is 0 Å². The number of ether oxygens (including phenoxy) is 1. The summed E-state index contributed by atoms with van der Waals surface area (Å²) in [5, 5.41) is 14.4. The molecule has 2 N–H and O–H groups in total. The molecule has 0 aliphatic carbocycles. The molecule has 3 nitrogen and oxygen atoms in total. The van der Waals surface area contributed by atoms with Crippen LogP contribution in [0.4, 0.5) is 0 Å². The summed E-state index contributed by atoms with van der Waals surface area (Å²) >= 11 is 0. The lowest BCUT2D eigenvalue weighted by molar-refractivity contribution is -0.0413. The Bertz CT molecular complexity index is 444. The summed E-state index contributed by atoms with van der Waals surface area (Å²) in [5.41, 5.74) is 2.46. The van der Waals surface area contributed by atoms with Crippen LogP contribution in [0.1, 0.15) is 30.0 Å². The van der Waals surface area contributed by atoms with Crippen LogP contribution in [-0.2, 0) is 5.60 Å². The standard InChI is InChI=1S/C15H23NO2/c1-10-7-11(2)14(13(8-10)18-4)15(17)5-6-16-9-12(15)3/h7-8,12,16-17H,5-6,9H2,1-4H3. The number of rotatable bonds is 2. The van der Waals surface area contributed by atoms with Crippen molar-refractivity contribution in [1.29, 1.82) is 0 Å². The number of benzene rings is 1. The summed E-state index contributed by atoms with van der Waals surface area (Å²) in [6.45, 7) is 7.88. The van der Waals surface area contributed by atoms with Gasteiger partial charge in [0.05, 0.1) is 12.7 Å². The number of hydrogen-bond donors (Lipinski definition) is 2. The lowest BCUT2D eigenvalue weighted by atomic mass is 9.75. The van der Waals surface area contributed by atoms with Crippen molar-refractivity contribution in [2.45, 2.75) is 32.8 Å². The van der Waals surface area contributed by atoms with Gasteiger partial charge in [-0.1, -0.05) is 13.0 Å². The number of piperidine rings is 1. The van der Waals surface area contributed by atoms with Crippen LogP contribution < -0.4 is 10.1 Å². The largest absolute Gasteiger partial charge is 0.496 e. The Morgan fingerprint density at radius 2 is 2.11 bits per heavy atom. The van der Waals surface area contributed by atoms with E-state index in [1.807, 2.05) is 6.07 Å². The minimum atomic E-state index is -0.783. The zero-order chi connectivity index (χ0) is 13.3. The van der Waals surface area contributed by atoms with Crippen LogP contribution in [0.5, 0.6) is 5.75 Å². The number of aryl methyl sites for hydroxylation is 2. The fourth-order valence-corrected chi connectivity index (χ4v) is 3.03. The van der Waals surface area contributed by atoms with Gasteiger partial charge in [-0.25, -0.2) is 0 Å². The van der Waals surface area contributed by atoms with Gasteiger partial charge in [0.25, 0.3) is 0 Å². The molecule has 3 heteroatoms. The van der Waals surface area contributed by atoms with Crippen molar-refractivity contribution in [3.63, 3.8) is 0 Å². The third-order valence-corrected chi connectivity index (χ3v) is 4.05. The van der Waals surface area contributed by atoms with Gasteiger partial charge in [0.2, 0.25) is 0 Å². The van der Waals surface area contributed by atoms with Gasteiger partial charge >= 0.3 is 0 Å². The van der Waals surface area contributed by atoms with E-state index in [0.717, 1.165) is 36.4 Å². The third kappa shape index (κ3) is 2.13. The van der Waals surface area contributed by atoms with E-state index in [2.05, 4.69) is 32.2 Å². The van der Waals surface area contributed by atoms with Crippen LogP contribution in [0.25, 0.3) is 0 Å². The quantitative estimate of drug-likeness (QED) is 0.843. The van der Waals surface area contributed by atoms with E-state index in [1.165, 1.54) is 5.56 Å². The zero-order valence-electron chi connectivity index (χ0n) is 11.7. The molecule has 2 atom stereocenters. The molecular weight excluding hydrogens is 226 g/mol. The number of nitrogens with one attached hydrogen (secondary N) is 1. The van der Waals surface area contributed by atoms with E-state index in [4.69, 9.17) is 4.74 Å². The summed E-state index contributed by atoms with van der Waals surface area (Å²) in [7, 11) is 1.67. The molecule has 18 heavy (non-hydrogen) atoms. The van der Waals surface area contributed by atoms with Crippen molar-refractivity contribution in [3.8, 4) is 5.75 Å². The van der Waals surface area contributed by atoms with E-state index < -0.39 is 5.60 Å². The second-order valence-corrected chi connectivity index (χ2v) is 5.44. The molecule has 1 fully saturated rings. The molecule has 1 aliphatic heterocycles. The van der Waals surface area contributed by atoms with Crippen LogP contribution in [0, 0.1) is 19.8 Å².